The highest BCUT2D eigenvalue weighted by molar-refractivity contribution is 9.10. The van der Waals surface area contributed by atoms with Crippen LogP contribution in [0.4, 0.5) is 0 Å². The van der Waals surface area contributed by atoms with Crippen molar-refractivity contribution in [2.45, 2.75) is 38.6 Å². The van der Waals surface area contributed by atoms with Gasteiger partial charge >= 0.3 is 0 Å². The standard InChI is InChI=1S/C15H20BrNO/c1-11-5-3-4-6-14(11)17(2)15(18)12-7-9-13(16)10-8-12/h7-11,14H,3-6H2,1-2H3. The topological polar surface area (TPSA) is 20.3 Å². The van der Waals surface area contributed by atoms with Crippen molar-refractivity contribution in [3.8, 4) is 0 Å². The number of amides is 1. The molecule has 1 aromatic carbocycles. The van der Waals surface area contributed by atoms with Crippen LogP contribution in [0.25, 0.3) is 0 Å². The summed E-state index contributed by atoms with van der Waals surface area (Å²) >= 11 is 3.39. The lowest BCUT2D eigenvalue weighted by molar-refractivity contribution is 0.0629. The second-order valence-electron chi connectivity index (χ2n) is 5.25. The van der Waals surface area contributed by atoms with E-state index in [0.29, 0.717) is 12.0 Å². The Labute approximate surface area is 117 Å². The highest BCUT2D eigenvalue weighted by Crippen LogP contribution is 2.28. The minimum Gasteiger partial charge on any atom is -0.338 e. The second kappa shape index (κ2) is 5.87. The molecule has 98 valence electrons. The maximum absolute atomic E-state index is 12.4. The highest BCUT2D eigenvalue weighted by Gasteiger charge is 2.28. The number of benzene rings is 1. The smallest absolute Gasteiger partial charge is 0.253 e. The van der Waals surface area contributed by atoms with E-state index in [1.807, 2.05) is 36.2 Å². The van der Waals surface area contributed by atoms with Gasteiger partial charge in [-0.05, 0) is 43.0 Å². The Kier molecular flexibility index (Phi) is 4.44. The zero-order valence-electron chi connectivity index (χ0n) is 11.0. The summed E-state index contributed by atoms with van der Waals surface area (Å²) in [4.78, 5) is 14.3. The van der Waals surface area contributed by atoms with Gasteiger partial charge in [0.1, 0.15) is 0 Å². The normalized spacial score (nSPS) is 23.7. The van der Waals surface area contributed by atoms with Gasteiger partial charge in [0.2, 0.25) is 0 Å². The summed E-state index contributed by atoms with van der Waals surface area (Å²) in [6.45, 7) is 2.26. The van der Waals surface area contributed by atoms with E-state index in [9.17, 15) is 4.79 Å². The summed E-state index contributed by atoms with van der Waals surface area (Å²) in [7, 11) is 1.94. The van der Waals surface area contributed by atoms with Crippen LogP contribution in [0, 0.1) is 5.92 Å². The summed E-state index contributed by atoms with van der Waals surface area (Å²) in [5.74, 6) is 0.754. The molecular weight excluding hydrogens is 290 g/mol. The van der Waals surface area contributed by atoms with Crippen LogP contribution < -0.4 is 0 Å². The van der Waals surface area contributed by atoms with Gasteiger partial charge in [-0.25, -0.2) is 0 Å². The van der Waals surface area contributed by atoms with E-state index in [0.717, 1.165) is 16.5 Å². The van der Waals surface area contributed by atoms with Crippen LogP contribution in [-0.2, 0) is 0 Å². The first-order valence-corrected chi connectivity index (χ1v) is 7.41. The Morgan fingerprint density at radius 1 is 1.22 bits per heavy atom. The average Bonchev–Trinajstić information content (AvgIpc) is 2.38. The van der Waals surface area contributed by atoms with E-state index in [4.69, 9.17) is 0 Å². The van der Waals surface area contributed by atoms with Gasteiger partial charge in [0.05, 0.1) is 0 Å². The maximum Gasteiger partial charge on any atom is 0.253 e. The van der Waals surface area contributed by atoms with Gasteiger partial charge in [0, 0.05) is 23.1 Å². The molecular formula is C15H20BrNO. The molecule has 2 unspecified atom stereocenters. The van der Waals surface area contributed by atoms with E-state index in [1.165, 1.54) is 19.3 Å². The Bertz CT molecular complexity index is 415. The number of carbonyl (C=O) groups is 1. The number of hydrogen-bond acceptors (Lipinski definition) is 1. The lowest BCUT2D eigenvalue weighted by Crippen LogP contribution is -2.42. The minimum absolute atomic E-state index is 0.140. The summed E-state index contributed by atoms with van der Waals surface area (Å²) in [5.41, 5.74) is 0.776. The number of carbonyl (C=O) groups excluding carboxylic acids is 1. The van der Waals surface area contributed by atoms with Gasteiger partial charge < -0.3 is 4.90 Å². The van der Waals surface area contributed by atoms with Crippen LogP contribution >= 0.6 is 15.9 Å². The van der Waals surface area contributed by atoms with Crippen molar-refractivity contribution in [2.24, 2.45) is 5.92 Å². The van der Waals surface area contributed by atoms with Crippen LogP contribution in [0.5, 0.6) is 0 Å². The molecule has 0 aliphatic heterocycles. The number of nitrogens with zero attached hydrogens (tertiary/aromatic N) is 1. The molecule has 0 bridgehead atoms. The molecule has 2 atom stereocenters. The number of hydrogen-bond donors (Lipinski definition) is 0. The minimum atomic E-state index is 0.140. The lowest BCUT2D eigenvalue weighted by Gasteiger charge is -2.36. The van der Waals surface area contributed by atoms with Crippen LogP contribution in [-0.4, -0.2) is 23.9 Å². The van der Waals surface area contributed by atoms with E-state index >= 15 is 0 Å². The third kappa shape index (κ3) is 2.94. The number of halogens is 1. The molecule has 0 saturated heterocycles. The van der Waals surface area contributed by atoms with Gasteiger partial charge in [0.25, 0.3) is 5.91 Å². The highest BCUT2D eigenvalue weighted by atomic mass is 79.9. The fraction of sp³-hybridized carbons (Fsp3) is 0.533. The van der Waals surface area contributed by atoms with Crippen molar-refractivity contribution in [1.29, 1.82) is 0 Å². The Morgan fingerprint density at radius 2 is 1.83 bits per heavy atom. The molecule has 2 rings (SSSR count). The van der Waals surface area contributed by atoms with Crippen molar-refractivity contribution < 1.29 is 4.79 Å². The molecule has 1 amide bonds. The summed E-state index contributed by atoms with van der Waals surface area (Å²) in [6.07, 6.45) is 4.92. The molecule has 3 heteroatoms. The van der Waals surface area contributed by atoms with Gasteiger partial charge in [-0.1, -0.05) is 35.7 Å². The molecule has 1 aliphatic rings. The predicted octanol–water partition coefficient (Wildman–Crippen LogP) is 4.10. The predicted molar refractivity (Wildman–Crippen MR) is 77.7 cm³/mol. The van der Waals surface area contributed by atoms with Crippen LogP contribution in [0.2, 0.25) is 0 Å². The molecule has 0 heterocycles. The van der Waals surface area contributed by atoms with E-state index in [-0.39, 0.29) is 5.91 Å². The fourth-order valence-corrected chi connectivity index (χ4v) is 3.08. The maximum atomic E-state index is 12.4. The first kappa shape index (κ1) is 13.6. The quantitative estimate of drug-likeness (QED) is 0.805. The fourth-order valence-electron chi connectivity index (χ4n) is 2.82. The molecule has 0 N–H and O–H groups in total. The summed E-state index contributed by atoms with van der Waals surface area (Å²) in [6, 6.07) is 8.01. The number of rotatable bonds is 2. The van der Waals surface area contributed by atoms with Crippen molar-refractivity contribution in [3.63, 3.8) is 0 Å². The van der Waals surface area contributed by atoms with Crippen LogP contribution in [0.15, 0.2) is 28.7 Å². The largest absolute Gasteiger partial charge is 0.338 e. The lowest BCUT2D eigenvalue weighted by atomic mass is 9.85. The van der Waals surface area contributed by atoms with Crippen molar-refractivity contribution in [3.05, 3.63) is 34.3 Å². The Morgan fingerprint density at radius 3 is 2.44 bits per heavy atom. The van der Waals surface area contributed by atoms with E-state index < -0.39 is 0 Å². The molecule has 1 aliphatic carbocycles. The Hall–Kier alpha value is -0.830. The second-order valence-corrected chi connectivity index (χ2v) is 6.17. The van der Waals surface area contributed by atoms with Crippen molar-refractivity contribution >= 4 is 21.8 Å². The molecule has 2 nitrogen and oxygen atoms in total. The third-order valence-electron chi connectivity index (χ3n) is 3.98. The van der Waals surface area contributed by atoms with Crippen LogP contribution in [0.1, 0.15) is 43.0 Å². The molecule has 1 fully saturated rings. The van der Waals surface area contributed by atoms with Crippen molar-refractivity contribution in [2.75, 3.05) is 7.05 Å². The monoisotopic (exact) mass is 309 g/mol. The van der Waals surface area contributed by atoms with Gasteiger partial charge in [-0.2, -0.15) is 0 Å². The van der Waals surface area contributed by atoms with Crippen LogP contribution in [0.3, 0.4) is 0 Å². The van der Waals surface area contributed by atoms with Crippen molar-refractivity contribution in [1.82, 2.24) is 4.90 Å². The van der Waals surface area contributed by atoms with Gasteiger partial charge in [0.15, 0.2) is 0 Å². The Balaban J connectivity index is 2.10. The molecule has 1 saturated carbocycles. The SMILES string of the molecule is CC1CCCCC1N(C)C(=O)c1ccc(Br)cc1. The zero-order valence-corrected chi connectivity index (χ0v) is 12.6. The first-order chi connectivity index (χ1) is 8.59. The average molecular weight is 310 g/mol. The van der Waals surface area contributed by atoms with E-state index in [2.05, 4.69) is 22.9 Å². The summed E-state index contributed by atoms with van der Waals surface area (Å²) in [5, 5.41) is 0. The summed E-state index contributed by atoms with van der Waals surface area (Å²) < 4.78 is 1.01. The molecule has 18 heavy (non-hydrogen) atoms. The molecule has 0 radical (unpaired) electrons. The van der Waals surface area contributed by atoms with E-state index in [1.54, 1.807) is 0 Å². The molecule has 0 aromatic heterocycles. The van der Waals surface area contributed by atoms with Gasteiger partial charge in [-0.3, -0.25) is 4.79 Å². The molecule has 0 spiro atoms. The first-order valence-electron chi connectivity index (χ1n) is 6.62. The third-order valence-corrected chi connectivity index (χ3v) is 4.50. The van der Waals surface area contributed by atoms with Gasteiger partial charge in [-0.15, -0.1) is 0 Å². The molecule has 1 aromatic rings. The zero-order chi connectivity index (χ0) is 13.1.